The lowest BCUT2D eigenvalue weighted by Gasteiger charge is -2.09. The summed E-state index contributed by atoms with van der Waals surface area (Å²) >= 11 is 7.70. The number of aromatic nitrogens is 2. The molecule has 1 aromatic rings. The van der Waals surface area contributed by atoms with Crippen LogP contribution in [0.5, 0.6) is 0 Å². The van der Waals surface area contributed by atoms with Crippen molar-refractivity contribution in [1.82, 2.24) is 9.97 Å². The summed E-state index contributed by atoms with van der Waals surface area (Å²) in [5, 5.41) is 3.34. The quantitative estimate of drug-likeness (QED) is 0.470. The highest BCUT2D eigenvalue weighted by Gasteiger charge is 2.10. The molecule has 0 atom stereocenters. The molecule has 1 heterocycles. The Morgan fingerprint density at radius 1 is 1.41 bits per heavy atom. The number of aryl methyl sites for hydroxylation is 1. The highest BCUT2D eigenvalue weighted by atomic mass is 35.5. The fraction of sp³-hybridized carbons (Fsp3) is 0.545. The molecule has 0 radical (unpaired) electrons. The van der Waals surface area contributed by atoms with E-state index in [9.17, 15) is 4.79 Å². The highest BCUT2D eigenvalue weighted by molar-refractivity contribution is 7.98. The van der Waals surface area contributed by atoms with E-state index < -0.39 is 0 Å². The van der Waals surface area contributed by atoms with Gasteiger partial charge in [0.1, 0.15) is 16.8 Å². The van der Waals surface area contributed by atoms with Gasteiger partial charge >= 0.3 is 0 Å². The summed E-state index contributed by atoms with van der Waals surface area (Å²) in [6.07, 6.45) is 4.96. The van der Waals surface area contributed by atoms with Crippen molar-refractivity contribution in [2.75, 3.05) is 23.9 Å². The minimum absolute atomic E-state index is 0.208. The SMILES string of the molecule is CSCCCCNc1nc(C)nc(Cl)c1C=O. The van der Waals surface area contributed by atoms with Crippen molar-refractivity contribution in [3.63, 3.8) is 0 Å². The van der Waals surface area contributed by atoms with Gasteiger partial charge in [-0.3, -0.25) is 4.79 Å². The van der Waals surface area contributed by atoms with Gasteiger partial charge < -0.3 is 5.32 Å². The Kier molecular flexibility index (Phi) is 6.29. The van der Waals surface area contributed by atoms with E-state index in [4.69, 9.17) is 11.6 Å². The van der Waals surface area contributed by atoms with E-state index in [1.165, 1.54) is 0 Å². The number of rotatable bonds is 7. The Morgan fingerprint density at radius 2 is 2.18 bits per heavy atom. The number of anilines is 1. The zero-order chi connectivity index (χ0) is 12.7. The molecule has 0 saturated heterocycles. The molecule has 0 amide bonds. The fourth-order valence-corrected chi connectivity index (χ4v) is 2.11. The van der Waals surface area contributed by atoms with E-state index in [1.807, 2.05) is 11.8 Å². The van der Waals surface area contributed by atoms with E-state index in [0.717, 1.165) is 25.1 Å². The molecule has 0 aliphatic heterocycles. The minimum Gasteiger partial charge on any atom is -0.369 e. The molecule has 0 unspecified atom stereocenters. The van der Waals surface area contributed by atoms with Crippen LogP contribution in [0.4, 0.5) is 5.82 Å². The predicted octanol–water partition coefficient (Wildman–Crippen LogP) is 2.81. The number of carbonyl (C=O) groups is 1. The van der Waals surface area contributed by atoms with Crippen LogP contribution in [0.25, 0.3) is 0 Å². The van der Waals surface area contributed by atoms with Crippen molar-refractivity contribution < 1.29 is 4.79 Å². The number of hydrogen-bond donors (Lipinski definition) is 1. The highest BCUT2D eigenvalue weighted by Crippen LogP contribution is 2.18. The first-order valence-electron chi connectivity index (χ1n) is 5.41. The summed E-state index contributed by atoms with van der Waals surface area (Å²) in [5.41, 5.74) is 0.335. The Bertz CT molecular complexity index is 387. The third kappa shape index (κ3) is 4.52. The van der Waals surface area contributed by atoms with E-state index in [1.54, 1.807) is 6.92 Å². The maximum absolute atomic E-state index is 10.9. The van der Waals surface area contributed by atoms with E-state index in [2.05, 4.69) is 21.5 Å². The van der Waals surface area contributed by atoms with Crippen LogP contribution in [0.15, 0.2) is 0 Å². The van der Waals surface area contributed by atoms with E-state index in [0.29, 0.717) is 23.5 Å². The van der Waals surface area contributed by atoms with Crippen LogP contribution in [0.1, 0.15) is 29.0 Å². The van der Waals surface area contributed by atoms with Gasteiger partial charge in [0.15, 0.2) is 6.29 Å². The second-order valence-corrected chi connectivity index (χ2v) is 4.91. The van der Waals surface area contributed by atoms with E-state index in [-0.39, 0.29) is 5.15 Å². The fourth-order valence-electron chi connectivity index (χ4n) is 1.36. The number of halogens is 1. The molecule has 1 aromatic heterocycles. The first-order chi connectivity index (χ1) is 8.19. The van der Waals surface area contributed by atoms with Crippen LogP contribution in [-0.2, 0) is 0 Å². The van der Waals surface area contributed by atoms with Gasteiger partial charge in [-0.2, -0.15) is 11.8 Å². The number of nitrogens with one attached hydrogen (secondary N) is 1. The van der Waals surface area contributed by atoms with Crippen molar-refractivity contribution in [2.24, 2.45) is 0 Å². The Hall–Kier alpha value is -0.810. The average Bonchev–Trinajstić information content (AvgIpc) is 2.28. The van der Waals surface area contributed by atoms with Crippen molar-refractivity contribution in [2.45, 2.75) is 19.8 Å². The number of carbonyl (C=O) groups excluding carboxylic acids is 1. The number of nitrogens with zero attached hydrogens (tertiary/aromatic N) is 2. The van der Waals surface area contributed by atoms with Crippen LogP contribution < -0.4 is 5.32 Å². The lowest BCUT2D eigenvalue weighted by atomic mass is 10.3. The summed E-state index contributed by atoms with van der Waals surface area (Å²) in [6, 6.07) is 0. The number of aldehydes is 1. The molecule has 17 heavy (non-hydrogen) atoms. The second kappa shape index (κ2) is 7.50. The van der Waals surface area contributed by atoms with Gasteiger partial charge in [0.2, 0.25) is 0 Å². The van der Waals surface area contributed by atoms with Gasteiger partial charge in [-0.25, -0.2) is 9.97 Å². The third-order valence-corrected chi connectivity index (χ3v) is 3.18. The number of hydrogen-bond acceptors (Lipinski definition) is 5. The van der Waals surface area contributed by atoms with Gasteiger partial charge in [0.05, 0.1) is 5.56 Å². The zero-order valence-electron chi connectivity index (χ0n) is 9.99. The van der Waals surface area contributed by atoms with Crippen LogP contribution in [0, 0.1) is 6.92 Å². The molecule has 94 valence electrons. The maximum atomic E-state index is 10.9. The summed E-state index contributed by atoms with van der Waals surface area (Å²) < 4.78 is 0. The lowest BCUT2D eigenvalue weighted by molar-refractivity contribution is 0.112. The molecule has 0 aliphatic carbocycles. The van der Waals surface area contributed by atoms with Crippen molar-refractivity contribution in [3.8, 4) is 0 Å². The molecule has 4 nitrogen and oxygen atoms in total. The van der Waals surface area contributed by atoms with Gasteiger partial charge in [0, 0.05) is 6.54 Å². The predicted molar refractivity (Wildman–Crippen MR) is 73.3 cm³/mol. The first-order valence-corrected chi connectivity index (χ1v) is 7.18. The monoisotopic (exact) mass is 273 g/mol. The zero-order valence-corrected chi connectivity index (χ0v) is 11.6. The number of unbranched alkanes of at least 4 members (excludes halogenated alkanes) is 1. The third-order valence-electron chi connectivity index (χ3n) is 2.20. The Labute approximate surface area is 111 Å². The molecule has 0 fully saturated rings. The molecule has 0 aromatic carbocycles. The number of thioether (sulfide) groups is 1. The van der Waals surface area contributed by atoms with Crippen molar-refractivity contribution >= 4 is 35.5 Å². The molecule has 0 saturated carbocycles. The summed E-state index contributed by atoms with van der Waals surface area (Å²) in [5.74, 6) is 2.24. The normalized spacial score (nSPS) is 10.3. The Balaban J connectivity index is 2.60. The van der Waals surface area contributed by atoms with Gasteiger partial charge in [-0.1, -0.05) is 11.6 Å². The summed E-state index contributed by atoms with van der Waals surface area (Å²) in [7, 11) is 0. The molecule has 0 aliphatic rings. The first kappa shape index (κ1) is 14.3. The second-order valence-electron chi connectivity index (χ2n) is 3.57. The molecular formula is C11H16ClN3OS. The standard InChI is InChI=1S/C11H16ClN3OS/c1-8-14-10(12)9(7-16)11(15-8)13-5-3-4-6-17-2/h7H,3-6H2,1-2H3,(H,13,14,15). The molecule has 1 N–H and O–H groups in total. The molecular weight excluding hydrogens is 258 g/mol. The largest absolute Gasteiger partial charge is 0.369 e. The topological polar surface area (TPSA) is 54.9 Å². The van der Waals surface area contributed by atoms with Gasteiger partial charge in [0.25, 0.3) is 0 Å². The molecule has 6 heteroatoms. The van der Waals surface area contributed by atoms with Crippen LogP contribution >= 0.6 is 23.4 Å². The average molecular weight is 274 g/mol. The van der Waals surface area contributed by atoms with Crippen molar-refractivity contribution in [3.05, 3.63) is 16.5 Å². The molecule has 0 spiro atoms. The van der Waals surface area contributed by atoms with Crippen LogP contribution in [-0.4, -0.2) is 34.8 Å². The summed E-state index contributed by atoms with van der Waals surface area (Å²) in [4.78, 5) is 19.0. The van der Waals surface area contributed by atoms with Gasteiger partial charge in [-0.15, -0.1) is 0 Å². The molecule has 1 rings (SSSR count). The van der Waals surface area contributed by atoms with Crippen LogP contribution in [0.2, 0.25) is 5.15 Å². The minimum atomic E-state index is 0.208. The Morgan fingerprint density at radius 3 is 2.82 bits per heavy atom. The lowest BCUT2D eigenvalue weighted by Crippen LogP contribution is -2.09. The smallest absolute Gasteiger partial charge is 0.156 e. The van der Waals surface area contributed by atoms with E-state index >= 15 is 0 Å². The van der Waals surface area contributed by atoms with Gasteiger partial charge in [-0.05, 0) is 31.8 Å². The van der Waals surface area contributed by atoms with Crippen molar-refractivity contribution in [1.29, 1.82) is 0 Å². The molecule has 0 bridgehead atoms. The van der Waals surface area contributed by atoms with Crippen LogP contribution in [0.3, 0.4) is 0 Å². The summed E-state index contributed by atoms with van der Waals surface area (Å²) in [6.45, 7) is 2.54. The maximum Gasteiger partial charge on any atom is 0.156 e.